The van der Waals surface area contributed by atoms with Gasteiger partial charge in [-0.2, -0.15) is 5.10 Å². The lowest BCUT2D eigenvalue weighted by atomic mass is 10.2. The summed E-state index contributed by atoms with van der Waals surface area (Å²) in [4.78, 5) is 17.6. The van der Waals surface area contributed by atoms with Crippen molar-refractivity contribution in [2.45, 2.75) is 6.42 Å². The van der Waals surface area contributed by atoms with Crippen molar-refractivity contribution < 1.29 is 4.79 Å². The molecule has 1 amide bonds. The van der Waals surface area contributed by atoms with Crippen molar-refractivity contribution in [3.8, 4) is 0 Å². The first-order valence-corrected chi connectivity index (χ1v) is 5.38. The van der Waals surface area contributed by atoms with Crippen molar-refractivity contribution in [1.29, 1.82) is 0 Å². The van der Waals surface area contributed by atoms with E-state index in [9.17, 15) is 4.79 Å². The maximum absolute atomic E-state index is 12.0. The van der Waals surface area contributed by atoms with Crippen LogP contribution in [0.5, 0.6) is 0 Å². The third kappa shape index (κ3) is 2.52. The number of carbonyl (C=O) groups is 1. The molecule has 0 aliphatic carbocycles. The average Bonchev–Trinajstić information content (AvgIpc) is 2.95. The van der Waals surface area contributed by atoms with Gasteiger partial charge in [-0.1, -0.05) is 0 Å². The third-order valence-corrected chi connectivity index (χ3v) is 2.67. The van der Waals surface area contributed by atoms with Crippen LogP contribution in [-0.4, -0.2) is 44.1 Å². The Morgan fingerprint density at radius 1 is 1.53 bits per heavy atom. The number of aryl methyl sites for hydroxylation is 1. The van der Waals surface area contributed by atoms with E-state index in [0.717, 1.165) is 12.0 Å². The van der Waals surface area contributed by atoms with Gasteiger partial charge in [-0.3, -0.25) is 9.89 Å². The van der Waals surface area contributed by atoms with E-state index in [-0.39, 0.29) is 5.91 Å². The molecule has 2 rings (SSSR count). The summed E-state index contributed by atoms with van der Waals surface area (Å²) in [5.74, 6) is -0.0199. The number of nitrogens with zero attached hydrogens (tertiary/aromatic N) is 4. The van der Waals surface area contributed by atoms with E-state index >= 15 is 0 Å². The van der Waals surface area contributed by atoms with Gasteiger partial charge in [-0.25, -0.2) is 4.98 Å². The molecule has 0 atom stereocenters. The normalized spacial score (nSPS) is 10.5. The van der Waals surface area contributed by atoms with Crippen LogP contribution in [0.1, 0.15) is 16.1 Å². The van der Waals surface area contributed by atoms with Crippen molar-refractivity contribution in [1.82, 2.24) is 24.6 Å². The monoisotopic (exact) mass is 233 g/mol. The quantitative estimate of drug-likeness (QED) is 0.834. The number of aromatic amines is 1. The number of imidazole rings is 1. The molecule has 90 valence electrons. The summed E-state index contributed by atoms with van der Waals surface area (Å²) in [5.41, 5.74) is 1.69. The molecule has 0 spiro atoms. The van der Waals surface area contributed by atoms with Crippen LogP contribution in [0, 0.1) is 0 Å². The van der Waals surface area contributed by atoms with Crippen LogP contribution < -0.4 is 0 Å². The maximum Gasteiger partial charge on any atom is 0.271 e. The van der Waals surface area contributed by atoms with Crippen molar-refractivity contribution in [2.75, 3.05) is 13.6 Å². The van der Waals surface area contributed by atoms with Crippen LogP contribution in [0.2, 0.25) is 0 Å². The second-order valence-corrected chi connectivity index (χ2v) is 3.97. The zero-order valence-electron chi connectivity index (χ0n) is 9.92. The molecule has 0 saturated carbocycles. The predicted molar refractivity (Wildman–Crippen MR) is 62.5 cm³/mol. The summed E-state index contributed by atoms with van der Waals surface area (Å²) in [6.45, 7) is 0.656. The van der Waals surface area contributed by atoms with E-state index < -0.39 is 0 Å². The molecule has 6 heteroatoms. The number of aromatic nitrogens is 4. The summed E-state index contributed by atoms with van der Waals surface area (Å²) in [6, 6.07) is 0. The van der Waals surface area contributed by atoms with Crippen LogP contribution in [0.3, 0.4) is 0 Å². The zero-order valence-corrected chi connectivity index (χ0v) is 9.92. The van der Waals surface area contributed by atoms with Crippen molar-refractivity contribution in [3.05, 3.63) is 36.2 Å². The Morgan fingerprint density at radius 3 is 2.94 bits per heavy atom. The average molecular weight is 233 g/mol. The first kappa shape index (κ1) is 11.4. The molecular formula is C11H15N5O. The lowest BCUT2D eigenvalue weighted by molar-refractivity contribution is 0.0787. The smallest absolute Gasteiger partial charge is 0.271 e. The summed E-state index contributed by atoms with van der Waals surface area (Å²) < 4.78 is 1.72. The van der Waals surface area contributed by atoms with E-state index in [4.69, 9.17) is 0 Å². The van der Waals surface area contributed by atoms with Crippen molar-refractivity contribution in [3.63, 3.8) is 0 Å². The first-order chi connectivity index (χ1) is 8.18. The van der Waals surface area contributed by atoms with Gasteiger partial charge in [0.05, 0.1) is 18.7 Å². The molecule has 0 aliphatic rings. The highest BCUT2D eigenvalue weighted by Crippen LogP contribution is 2.03. The molecule has 17 heavy (non-hydrogen) atoms. The number of nitrogens with one attached hydrogen (secondary N) is 1. The molecule has 0 unspecified atom stereocenters. The highest BCUT2D eigenvalue weighted by molar-refractivity contribution is 5.92. The first-order valence-electron chi connectivity index (χ1n) is 5.38. The Labute approximate surface area is 99.3 Å². The van der Waals surface area contributed by atoms with Crippen LogP contribution in [0.25, 0.3) is 0 Å². The minimum Gasteiger partial charge on any atom is -0.340 e. The Balaban J connectivity index is 1.94. The van der Waals surface area contributed by atoms with Gasteiger partial charge in [0.1, 0.15) is 5.69 Å². The Kier molecular flexibility index (Phi) is 3.22. The molecule has 2 heterocycles. The predicted octanol–water partition coefficient (Wildman–Crippen LogP) is 0.458. The zero-order chi connectivity index (χ0) is 12.3. The molecular weight excluding hydrogens is 218 g/mol. The molecule has 0 radical (unpaired) electrons. The van der Waals surface area contributed by atoms with Gasteiger partial charge in [-0.05, 0) is 12.0 Å². The largest absolute Gasteiger partial charge is 0.340 e. The Hall–Kier alpha value is -2.11. The number of hydrogen-bond donors (Lipinski definition) is 1. The van der Waals surface area contributed by atoms with Crippen LogP contribution in [0.4, 0.5) is 0 Å². The summed E-state index contributed by atoms with van der Waals surface area (Å²) in [5, 5.41) is 6.62. The highest BCUT2D eigenvalue weighted by atomic mass is 16.2. The van der Waals surface area contributed by atoms with Gasteiger partial charge < -0.3 is 9.47 Å². The lowest BCUT2D eigenvalue weighted by Crippen LogP contribution is -2.30. The Morgan fingerprint density at radius 2 is 2.35 bits per heavy atom. The second-order valence-electron chi connectivity index (χ2n) is 3.97. The molecule has 0 saturated heterocycles. The van der Waals surface area contributed by atoms with Gasteiger partial charge >= 0.3 is 0 Å². The minimum absolute atomic E-state index is 0.0199. The molecule has 0 fully saturated rings. The fourth-order valence-corrected chi connectivity index (χ4v) is 1.57. The standard InChI is InChI=1S/C11H15N5O/c1-15(4-3-9-5-13-14-6-9)11(17)10-7-12-8-16(10)2/h5-8H,3-4H2,1-2H3,(H,13,14). The number of hydrogen-bond acceptors (Lipinski definition) is 3. The minimum atomic E-state index is -0.0199. The van der Waals surface area contributed by atoms with Crippen molar-refractivity contribution >= 4 is 5.91 Å². The van der Waals surface area contributed by atoms with Gasteiger partial charge in [-0.15, -0.1) is 0 Å². The van der Waals surface area contributed by atoms with Gasteiger partial charge in [0.2, 0.25) is 0 Å². The molecule has 0 aromatic carbocycles. The number of carbonyl (C=O) groups excluding carboxylic acids is 1. The van der Waals surface area contributed by atoms with E-state index in [2.05, 4.69) is 15.2 Å². The number of amides is 1. The van der Waals surface area contributed by atoms with Crippen LogP contribution in [-0.2, 0) is 13.5 Å². The highest BCUT2D eigenvalue weighted by Gasteiger charge is 2.14. The number of rotatable bonds is 4. The van der Waals surface area contributed by atoms with Crippen molar-refractivity contribution in [2.24, 2.45) is 7.05 Å². The fourth-order valence-electron chi connectivity index (χ4n) is 1.57. The molecule has 2 aromatic rings. The second kappa shape index (κ2) is 4.82. The molecule has 0 aliphatic heterocycles. The van der Waals surface area contributed by atoms with Gasteiger partial charge in [0.15, 0.2) is 0 Å². The molecule has 1 N–H and O–H groups in total. The third-order valence-electron chi connectivity index (χ3n) is 2.67. The SMILES string of the molecule is CN(CCc1cn[nH]c1)C(=O)c1cncn1C. The van der Waals surface area contributed by atoms with Gasteiger partial charge in [0.25, 0.3) is 5.91 Å². The van der Waals surface area contributed by atoms with E-state index in [1.807, 2.05) is 13.2 Å². The van der Waals surface area contributed by atoms with Gasteiger partial charge in [0, 0.05) is 26.8 Å². The maximum atomic E-state index is 12.0. The summed E-state index contributed by atoms with van der Waals surface area (Å²) in [7, 11) is 3.60. The van der Waals surface area contributed by atoms with Crippen LogP contribution in [0.15, 0.2) is 24.9 Å². The molecule has 2 aromatic heterocycles. The summed E-state index contributed by atoms with van der Waals surface area (Å²) >= 11 is 0. The van der Waals surface area contributed by atoms with E-state index in [1.165, 1.54) is 0 Å². The number of likely N-dealkylation sites (N-methyl/N-ethyl adjacent to an activating group) is 1. The Bertz CT molecular complexity index is 488. The summed E-state index contributed by atoms with van der Waals surface area (Å²) in [6.07, 6.45) is 7.59. The topological polar surface area (TPSA) is 66.8 Å². The fraction of sp³-hybridized carbons (Fsp3) is 0.364. The number of H-pyrrole nitrogens is 1. The van der Waals surface area contributed by atoms with E-state index in [1.54, 1.807) is 35.2 Å². The van der Waals surface area contributed by atoms with Crippen LogP contribution >= 0.6 is 0 Å². The van der Waals surface area contributed by atoms with E-state index in [0.29, 0.717) is 12.2 Å². The molecule has 6 nitrogen and oxygen atoms in total. The lowest BCUT2D eigenvalue weighted by Gasteiger charge is -2.16. The molecule has 0 bridgehead atoms.